The molecule has 0 atom stereocenters. The summed E-state index contributed by atoms with van der Waals surface area (Å²) in [5.41, 5.74) is 0.818. The fourth-order valence-electron chi connectivity index (χ4n) is 3.00. The second-order valence-corrected chi connectivity index (χ2v) is 5.41. The fraction of sp³-hybridized carbons (Fsp3) is 0.500. The monoisotopic (exact) mass is 284 g/mol. The maximum Gasteiger partial charge on any atom is 0.153 e. The van der Waals surface area contributed by atoms with Crippen LogP contribution in [-0.4, -0.2) is 15.4 Å². The quantitative estimate of drug-likeness (QED) is 0.772. The molecule has 0 saturated heterocycles. The van der Waals surface area contributed by atoms with E-state index in [1.165, 1.54) is 6.07 Å². The molecule has 0 bridgehead atoms. The van der Waals surface area contributed by atoms with E-state index in [2.05, 4.69) is 4.98 Å². The number of halogens is 3. The molecule has 19 heavy (non-hydrogen) atoms. The average Bonchev–Trinajstić information content (AvgIpc) is 2.96. The molecule has 0 radical (unpaired) electrons. The molecule has 1 aromatic carbocycles. The fourth-order valence-corrected chi connectivity index (χ4v) is 3.17. The van der Waals surface area contributed by atoms with Crippen LogP contribution in [0.3, 0.4) is 0 Å². The van der Waals surface area contributed by atoms with Gasteiger partial charge in [0.1, 0.15) is 17.2 Å². The van der Waals surface area contributed by atoms with Gasteiger partial charge in [-0.25, -0.2) is 13.8 Å². The molecule has 0 amide bonds. The van der Waals surface area contributed by atoms with Crippen LogP contribution in [0.1, 0.15) is 37.5 Å². The van der Waals surface area contributed by atoms with Crippen LogP contribution >= 0.6 is 11.6 Å². The number of hydrogen-bond donors (Lipinski definition) is 0. The van der Waals surface area contributed by atoms with Crippen LogP contribution in [0.15, 0.2) is 12.1 Å². The van der Waals surface area contributed by atoms with Crippen LogP contribution in [0.2, 0.25) is 0 Å². The van der Waals surface area contributed by atoms with E-state index >= 15 is 0 Å². The lowest BCUT2D eigenvalue weighted by atomic mass is 10.2. The van der Waals surface area contributed by atoms with Crippen LogP contribution in [0, 0.1) is 11.6 Å². The van der Waals surface area contributed by atoms with Crippen LogP contribution in [0.4, 0.5) is 8.78 Å². The first-order valence-electron chi connectivity index (χ1n) is 6.62. The molecule has 0 unspecified atom stereocenters. The van der Waals surface area contributed by atoms with Gasteiger partial charge in [0.25, 0.3) is 0 Å². The number of benzene rings is 1. The van der Waals surface area contributed by atoms with Gasteiger partial charge in [-0.2, -0.15) is 0 Å². The molecular weight excluding hydrogens is 270 g/mol. The highest BCUT2D eigenvalue weighted by atomic mass is 35.5. The summed E-state index contributed by atoms with van der Waals surface area (Å²) in [5.74, 6) is 0.0469. The Labute approximate surface area is 115 Å². The van der Waals surface area contributed by atoms with Crippen molar-refractivity contribution in [3.63, 3.8) is 0 Å². The van der Waals surface area contributed by atoms with Crippen molar-refractivity contribution < 1.29 is 8.78 Å². The molecule has 1 aromatic heterocycles. The lowest BCUT2D eigenvalue weighted by molar-refractivity contribution is 0.512. The maximum atomic E-state index is 13.8. The summed E-state index contributed by atoms with van der Waals surface area (Å²) in [5, 5.41) is 0. The van der Waals surface area contributed by atoms with Gasteiger partial charge in [-0.05, 0) is 18.9 Å². The van der Waals surface area contributed by atoms with Gasteiger partial charge in [0.2, 0.25) is 0 Å². The first-order valence-corrected chi connectivity index (χ1v) is 7.16. The predicted molar refractivity (Wildman–Crippen MR) is 71.6 cm³/mol. The number of aromatic nitrogens is 2. The topological polar surface area (TPSA) is 17.8 Å². The zero-order valence-corrected chi connectivity index (χ0v) is 11.3. The van der Waals surface area contributed by atoms with Gasteiger partial charge in [-0.15, -0.1) is 11.6 Å². The number of imidazole rings is 1. The minimum atomic E-state index is -0.595. The van der Waals surface area contributed by atoms with E-state index in [4.69, 9.17) is 11.6 Å². The summed E-state index contributed by atoms with van der Waals surface area (Å²) >= 11 is 5.79. The first-order chi connectivity index (χ1) is 9.20. The van der Waals surface area contributed by atoms with Crippen molar-refractivity contribution in [2.24, 2.45) is 0 Å². The van der Waals surface area contributed by atoms with Gasteiger partial charge in [0.15, 0.2) is 5.82 Å². The molecule has 1 fully saturated rings. The third-order valence-corrected chi connectivity index (χ3v) is 3.98. The Morgan fingerprint density at radius 3 is 2.68 bits per heavy atom. The van der Waals surface area contributed by atoms with E-state index in [1.54, 1.807) is 0 Å². The van der Waals surface area contributed by atoms with Crippen molar-refractivity contribution >= 4 is 22.6 Å². The van der Waals surface area contributed by atoms with Gasteiger partial charge < -0.3 is 4.57 Å². The molecule has 102 valence electrons. The molecular formula is C14H15ClF2N2. The van der Waals surface area contributed by atoms with Crippen molar-refractivity contribution in [3.8, 4) is 0 Å². The number of fused-ring (bicyclic) bond motifs is 1. The smallest absolute Gasteiger partial charge is 0.153 e. The molecule has 0 N–H and O–H groups in total. The van der Waals surface area contributed by atoms with Crippen molar-refractivity contribution in [1.29, 1.82) is 0 Å². The van der Waals surface area contributed by atoms with Crippen LogP contribution in [-0.2, 0) is 6.42 Å². The maximum absolute atomic E-state index is 13.8. The normalized spacial score (nSPS) is 16.6. The molecule has 2 nitrogen and oxygen atoms in total. The molecule has 1 heterocycles. The van der Waals surface area contributed by atoms with Crippen molar-refractivity contribution in [3.05, 3.63) is 29.6 Å². The number of nitrogens with zero attached hydrogens (tertiary/aromatic N) is 2. The Hall–Kier alpha value is -1.16. The number of alkyl halides is 1. The van der Waals surface area contributed by atoms with E-state index in [1.807, 2.05) is 4.57 Å². The molecule has 1 aliphatic carbocycles. The average molecular weight is 285 g/mol. The third kappa shape index (κ3) is 2.22. The highest BCUT2D eigenvalue weighted by molar-refractivity contribution is 6.17. The van der Waals surface area contributed by atoms with E-state index in [9.17, 15) is 8.78 Å². The van der Waals surface area contributed by atoms with E-state index in [0.29, 0.717) is 23.9 Å². The Morgan fingerprint density at radius 1 is 1.26 bits per heavy atom. The third-order valence-electron chi connectivity index (χ3n) is 3.79. The number of rotatable bonds is 3. The lowest BCUT2D eigenvalue weighted by Gasteiger charge is -2.16. The second-order valence-electron chi connectivity index (χ2n) is 5.03. The van der Waals surface area contributed by atoms with Crippen LogP contribution < -0.4 is 0 Å². The summed E-state index contributed by atoms with van der Waals surface area (Å²) in [6.07, 6.45) is 4.97. The van der Waals surface area contributed by atoms with Gasteiger partial charge in [0, 0.05) is 24.4 Å². The molecule has 0 aliphatic heterocycles. The predicted octanol–water partition coefficient (Wildman–Crippen LogP) is 4.21. The van der Waals surface area contributed by atoms with Gasteiger partial charge in [-0.1, -0.05) is 12.8 Å². The molecule has 1 saturated carbocycles. The zero-order valence-electron chi connectivity index (χ0n) is 10.5. The van der Waals surface area contributed by atoms with Crippen molar-refractivity contribution in [1.82, 2.24) is 9.55 Å². The van der Waals surface area contributed by atoms with Crippen molar-refractivity contribution in [2.75, 3.05) is 5.88 Å². The van der Waals surface area contributed by atoms with Crippen LogP contribution in [0.5, 0.6) is 0 Å². The zero-order chi connectivity index (χ0) is 13.4. The summed E-state index contributed by atoms with van der Waals surface area (Å²) in [6.45, 7) is 0. The van der Waals surface area contributed by atoms with Gasteiger partial charge in [0.05, 0.1) is 5.52 Å². The standard InChI is InChI=1S/C14H15ClF2N2/c15-6-5-13-18-14-11(17)7-9(16)8-12(14)19(13)10-3-1-2-4-10/h7-8,10H,1-6H2. The summed E-state index contributed by atoms with van der Waals surface area (Å²) in [6, 6.07) is 2.56. The van der Waals surface area contributed by atoms with Crippen LogP contribution in [0.25, 0.3) is 11.0 Å². The Morgan fingerprint density at radius 2 is 2.00 bits per heavy atom. The highest BCUT2D eigenvalue weighted by Gasteiger charge is 2.24. The minimum absolute atomic E-state index is 0.258. The molecule has 5 heteroatoms. The second kappa shape index (κ2) is 5.08. The summed E-state index contributed by atoms with van der Waals surface area (Å²) < 4.78 is 29.3. The molecule has 2 aromatic rings. The Kier molecular flexibility index (Phi) is 3.44. The number of aryl methyl sites for hydroxylation is 1. The van der Waals surface area contributed by atoms with E-state index < -0.39 is 11.6 Å². The van der Waals surface area contributed by atoms with Crippen molar-refractivity contribution in [2.45, 2.75) is 38.1 Å². The molecule has 1 aliphatic rings. The summed E-state index contributed by atoms with van der Waals surface area (Å²) in [4.78, 5) is 4.32. The number of hydrogen-bond acceptors (Lipinski definition) is 1. The summed E-state index contributed by atoms with van der Waals surface area (Å²) in [7, 11) is 0. The lowest BCUT2D eigenvalue weighted by Crippen LogP contribution is -2.09. The van der Waals surface area contributed by atoms with E-state index in [-0.39, 0.29) is 5.52 Å². The molecule has 3 rings (SSSR count). The SMILES string of the molecule is Fc1cc(F)c2nc(CCCl)n(C3CCCC3)c2c1. The highest BCUT2D eigenvalue weighted by Crippen LogP contribution is 2.34. The minimum Gasteiger partial charge on any atom is -0.325 e. The Balaban J connectivity index is 2.21. The molecule has 0 spiro atoms. The van der Waals surface area contributed by atoms with Gasteiger partial charge >= 0.3 is 0 Å². The Bertz CT molecular complexity index is 603. The first kappa shape index (κ1) is 12.9. The largest absolute Gasteiger partial charge is 0.325 e. The van der Waals surface area contributed by atoms with Gasteiger partial charge in [-0.3, -0.25) is 0 Å². The van der Waals surface area contributed by atoms with E-state index in [0.717, 1.165) is 37.6 Å².